The summed E-state index contributed by atoms with van der Waals surface area (Å²) in [7, 11) is -4.39. The van der Waals surface area contributed by atoms with E-state index in [-0.39, 0.29) is 0 Å². The van der Waals surface area contributed by atoms with Crippen LogP contribution in [-0.4, -0.2) is 16.1 Å². The Kier molecular flexibility index (Phi) is 9.26. The first-order valence-corrected chi connectivity index (χ1v) is 28.3. The minimum absolute atomic E-state index is 1.21. The van der Waals surface area contributed by atoms with Crippen molar-refractivity contribution in [2.45, 2.75) is 81.6 Å². The van der Waals surface area contributed by atoms with Gasteiger partial charge in [-0.05, 0) is 226 Å². The molecule has 2 nitrogen and oxygen atoms in total. The molecule has 0 N–H and O–H groups in total. The van der Waals surface area contributed by atoms with E-state index in [1.807, 2.05) is 0 Å². The monoisotopic (exact) mass is 838 g/mol. The largest absolute Gasteiger partial charge is 0.310 e. The SMILES string of the molecule is Cc1cc(C)cc(N(c2cc(C)cc(C)c2)c2ccc3c(c2)[Si](C)(C)c2ccc4c5c(ccc-3c25)-c2ccc(N(c3cc(C)cc(C)c3)c3cc(C)cc(C)c3)cc2[Si]4(C)C)c1. The Morgan fingerprint density at radius 1 is 0.258 bits per heavy atom. The quantitative estimate of drug-likeness (QED) is 0.154. The fourth-order valence-corrected chi connectivity index (χ4v) is 17.5. The van der Waals surface area contributed by atoms with Crippen LogP contribution in [0.15, 0.2) is 133 Å². The highest BCUT2D eigenvalue weighted by molar-refractivity contribution is 7.05. The zero-order valence-electron chi connectivity index (χ0n) is 38.6. The van der Waals surface area contributed by atoms with Gasteiger partial charge in [0.05, 0.1) is 0 Å². The van der Waals surface area contributed by atoms with Gasteiger partial charge in [0, 0.05) is 34.1 Å². The molecule has 0 fully saturated rings. The zero-order valence-corrected chi connectivity index (χ0v) is 40.6. The molecule has 0 atom stereocenters. The second kappa shape index (κ2) is 14.3. The highest BCUT2D eigenvalue weighted by Gasteiger charge is 2.42. The molecular formula is C58H58N2Si2. The summed E-state index contributed by atoms with van der Waals surface area (Å²) in [5.41, 5.74) is 23.1. The van der Waals surface area contributed by atoms with Crippen LogP contribution in [0, 0.1) is 55.4 Å². The molecule has 0 bridgehead atoms. The van der Waals surface area contributed by atoms with Crippen molar-refractivity contribution >= 4 is 81.8 Å². The molecule has 8 aromatic rings. The highest BCUT2D eigenvalue weighted by atomic mass is 28.3. The topological polar surface area (TPSA) is 6.48 Å². The molecule has 0 saturated carbocycles. The molecule has 2 aliphatic heterocycles. The predicted octanol–water partition coefficient (Wildman–Crippen LogP) is 13.9. The van der Waals surface area contributed by atoms with E-state index in [1.54, 1.807) is 10.4 Å². The maximum atomic E-state index is 2.58. The fourth-order valence-electron chi connectivity index (χ4n) is 11.3. The van der Waals surface area contributed by atoms with Crippen molar-refractivity contribution in [2.24, 2.45) is 0 Å². The molecule has 10 rings (SSSR count). The molecule has 2 aliphatic rings. The van der Waals surface area contributed by atoms with Gasteiger partial charge in [-0.15, -0.1) is 0 Å². The number of benzene rings is 8. The lowest BCUT2D eigenvalue weighted by atomic mass is 9.90. The van der Waals surface area contributed by atoms with Crippen molar-refractivity contribution in [2.75, 3.05) is 9.80 Å². The van der Waals surface area contributed by atoms with Crippen molar-refractivity contribution in [3.8, 4) is 22.3 Å². The molecule has 8 aromatic carbocycles. The molecule has 2 heterocycles. The van der Waals surface area contributed by atoms with Gasteiger partial charge in [0.25, 0.3) is 0 Å². The summed E-state index contributed by atoms with van der Waals surface area (Å²) in [6.07, 6.45) is 0. The number of anilines is 6. The molecule has 62 heavy (non-hydrogen) atoms. The van der Waals surface area contributed by atoms with Crippen molar-refractivity contribution in [3.05, 3.63) is 178 Å². The van der Waals surface area contributed by atoms with Gasteiger partial charge in [-0.3, -0.25) is 0 Å². The third kappa shape index (κ3) is 6.41. The van der Waals surface area contributed by atoms with Gasteiger partial charge < -0.3 is 9.80 Å². The van der Waals surface area contributed by atoms with Crippen LogP contribution < -0.4 is 30.5 Å². The van der Waals surface area contributed by atoms with E-state index >= 15 is 0 Å². The summed E-state index contributed by atoms with van der Waals surface area (Å²) < 4.78 is 0. The molecule has 4 heteroatoms. The molecule has 0 aromatic heterocycles. The Labute approximate surface area is 371 Å². The summed E-state index contributed by atoms with van der Waals surface area (Å²) in [5, 5.41) is 9.14. The van der Waals surface area contributed by atoms with Crippen LogP contribution in [0.2, 0.25) is 26.2 Å². The van der Waals surface area contributed by atoms with Crippen LogP contribution in [-0.2, 0) is 0 Å². The normalized spacial score (nSPS) is 14.1. The third-order valence-electron chi connectivity index (χ3n) is 13.8. The van der Waals surface area contributed by atoms with Gasteiger partial charge in [-0.1, -0.05) is 86.9 Å². The second-order valence-corrected chi connectivity index (χ2v) is 28.5. The van der Waals surface area contributed by atoms with E-state index in [0.717, 1.165) is 0 Å². The minimum Gasteiger partial charge on any atom is -0.310 e. The third-order valence-corrected chi connectivity index (χ3v) is 20.9. The molecule has 0 radical (unpaired) electrons. The fraction of sp³-hybridized carbons (Fsp3) is 0.207. The Balaban J connectivity index is 1.15. The first-order valence-electron chi connectivity index (χ1n) is 22.3. The summed E-state index contributed by atoms with van der Waals surface area (Å²) in [6.45, 7) is 28.0. The average molecular weight is 839 g/mol. The Morgan fingerprint density at radius 3 is 0.790 bits per heavy atom. The first kappa shape index (κ1) is 40.1. The van der Waals surface area contributed by atoms with Crippen LogP contribution in [0.25, 0.3) is 33.0 Å². The highest BCUT2D eigenvalue weighted by Crippen LogP contribution is 2.45. The van der Waals surface area contributed by atoms with Crippen molar-refractivity contribution in [1.82, 2.24) is 0 Å². The maximum Gasteiger partial charge on any atom is 0.113 e. The zero-order chi connectivity index (χ0) is 43.6. The van der Waals surface area contributed by atoms with E-state index < -0.39 is 16.1 Å². The molecule has 0 spiro atoms. The number of hydrogen-bond acceptors (Lipinski definition) is 2. The van der Waals surface area contributed by atoms with Gasteiger partial charge in [-0.2, -0.15) is 0 Å². The Bertz CT molecular complexity index is 2790. The summed E-state index contributed by atoms with van der Waals surface area (Å²) >= 11 is 0. The van der Waals surface area contributed by atoms with E-state index in [4.69, 9.17) is 0 Å². The molecule has 0 unspecified atom stereocenters. The summed E-state index contributed by atoms with van der Waals surface area (Å²) in [4.78, 5) is 4.97. The van der Waals surface area contributed by atoms with E-state index in [9.17, 15) is 0 Å². The number of nitrogens with zero attached hydrogens (tertiary/aromatic N) is 2. The number of fused-ring (bicyclic) bond motifs is 4. The van der Waals surface area contributed by atoms with E-state index in [2.05, 4.69) is 225 Å². The standard InChI is InChI=1S/C58H58N2Si2/c1-35-21-36(2)26-45(25-35)59(46-27-37(3)22-38(4)28-46)43-13-15-49-51-17-18-52-50-16-14-44(60(47-29-39(5)23-40(6)30-47)48-31-41(7)24-42(8)32-48)34-56(50)62(11,12)54-20-19-53(57(51)58(52)54)61(9,10)55(49)33-43/h13-34H,1-12H3. The first-order chi connectivity index (χ1) is 29.5. The van der Waals surface area contributed by atoms with Crippen molar-refractivity contribution in [1.29, 1.82) is 0 Å². The van der Waals surface area contributed by atoms with Crippen LogP contribution in [0.3, 0.4) is 0 Å². The second-order valence-electron chi connectivity index (χ2n) is 19.8. The maximum absolute atomic E-state index is 2.58. The summed E-state index contributed by atoms with van der Waals surface area (Å²) in [6, 6.07) is 52.5. The minimum atomic E-state index is -2.19. The lowest BCUT2D eigenvalue weighted by molar-refractivity contribution is 1.23. The van der Waals surface area contributed by atoms with Gasteiger partial charge in [0.2, 0.25) is 0 Å². The number of rotatable bonds is 6. The average Bonchev–Trinajstić information content (AvgIpc) is 3.18. The van der Waals surface area contributed by atoms with Crippen LogP contribution in [0.1, 0.15) is 44.5 Å². The van der Waals surface area contributed by atoms with Gasteiger partial charge in [-0.25, -0.2) is 0 Å². The number of aryl methyl sites for hydroxylation is 8. The van der Waals surface area contributed by atoms with Crippen LogP contribution in [0.4, 0.5) is 34.1 Å². The van der Waals surface area contributed by atoms with Gasteiger partial charge >= 0.3 is 0 Å². The molecule has 308 valence electrons. The molecular weight excluding hydrogens is 781 g/mol. The van der Waals surface area contributed by atoms with Crippen LogP contribution >= 0.6 is 0 Å². The molecule has 0 saturated heterocycles. The van der Waals surface area contributed by atoms with Gasteiger partial charge in [0.1, 0.15) is 16.1 Å². The predicted molar refractivity (Wildman–Crippen MR) is 276 cm³/mol. The van der Waals surface area contributed by atoms with Crippen molar-refractivity contribution in [3.63, 3.8) is 0 Å². The lowest BCUT2D eigenvalue weighted by Crippen LogP contribution is -2.59. The lowest BCUT2D eigenvalue weighted by Gasteiger charge is -2.40. The molecule has 0 amide bonds. The smallest absolute Gasteiger partial charge is 0.113 e. The van der Waals surface area contributed by atoms with Crippen molar-refractivity contribution < 1.29 is 0 Å². The van der Waals surface area contributed by atoms with Crippen LogP contribution in [0.5, 0.6) is 0 Å². The van der Waals surface area contributed by atoms with E-state index in [1.165, 1.54) is 122 Å². The summed E-state index contributed by atoms with van der Waals surface area (Å²) in [5.74, 6) is 0. The molecule has 0 aliphatic carbocycles. The Morgan fingerprint density at radius 2 is 0.516 bits per heavy atom. The van der Waals surface area contributed by atoms with Gasteiger partial charge in [0.15, 0.2) is 0 Å². The Hall–Kier alpha value is -5.95. The van der Waals surface area contributed by atoms with E-state index in [0.29, 0.717) is 0 Å². The number of hydrogen-bond donors (Lipinski definition) is 0.